The van der Waals surface area contributed by atoms with E-state index in [1.807, 2.05) is 0 Å². The fourth-order valence-electron chi connectivity index (χ4n) is 1.15. The van der Waals surface area contributed by atoms with Crippen LogP contribution in [0, 0.1) is 11.5 Å². The fraction of sp³-hybridized carbons (Fsp3) is 0.857. The molecule has 0 spiro atoms. The van der Waals surface area contributed by atoms with Gasteiger partial charge >= 0.3 is 0 Å². The molecule has 0 aromatic heterocycles. The number of nitriles is 1. The molecule has 1 saturated heterocycles. The highest BCUT2D eigenvalue weighted by molar-refractivity contribution is 7.93. The van der Waals surface area contributed by atoms with E-state index in [9.17, 15) is 0 Å². The van der Waals surface area contributed by atoms with E-state index in [0.29, 0.717) is 0 Å². The third kappa shape index (κ3) is 3.83. The number of rotatable bonds is 4. The molecule has 1 aliphatic rings. The molecule has 0 radical (unpaired) electrons. The fourth-order valence-corrected chi connectivity index (χ4v) is 1.24. The van der Waals surface area contributed by atoms with Crippen LogP contribution in [0.5, 0.6) is 0 Å². The molecule has 0 aliphatic carbocycles. The predicted octanol–water partition coefficient (Wildman–Crippen LogP) is 1.09. The second kappa shape index (κ2) is 6.05. The first-order valence-electron chi connectivity index (χ1n) is 4.04. The third-order valence-corrected chi connectivity index (χ3v) is 2.05. The van der Waals surface area contributed by atoms with E-state index in [1.54, 1.807) is 11.2 Å². The monoisotopic (exact) mass is 204 g/mol. The van der Waals surface area contributed by atoms with Gasteiger partial charge in [-0.2, -0.15) is 5.26 Å². The van der Waals surface area contributed by atoms with Gasteiger partial charge in [-0.3, -0.25) is 0 Å². The Hall–Kier alpha value is -0.480. The molecule has 6 heteroatoms. The van der Waals surface area contributed by atoms with Gasteiger partial charge in [-0.05, 0) is 12.8 Å². The lowest BCUT2D eigenvalue weighted by Crippen LogP contribution is -2.33. The van der Waals surface area contributed by atoms with Crippen LogP contribution in [0.2, 0.25) is 0 Å². The van der Waals surface area contributed by atoms with Crippen LogP contribution < -0.4 is 0 Å². The van der Waals surface area contributed by atoms with Crippen LogP contribution in [-0.2, 0) is 14.3 Å². The van der Waals surface area contributed by atoms with Crippen LogP contribution >= 0.6 is 12.0 Å². The van der Waals surface area contributed by atoms with Crippen LogP contribution in [0.4, 0.5) is 0 Å². The van der Waals surface area contributed by atoms with E-state index in [4.69, 9.17) is 10.1 Å². The SMILES string of the molecule is CSOOOC1CCN(C#N)CC1. The Morgan fingerprint density at radius 3 is 2.69 bits per heavy atom. The summed E-state index contributed by atoms with van der Waals surface area (Å²) in [6.45, 7) is 1.45. The summed E-state index contributed by atoms with van der Waals surface area (Å²) in [4.78, 5) is 6.64. The molecule has 0 aromatic rings. The summed E-state index contributed by atoms with van der Waals surface area (Å²) in [5.74, 6) is 0. The van der Waals surface area contributed by atoms with Gasteiger partial charge in [0.25, 0.3) is 0 Å². The van der Waals surface area contributed by atoms with E-state index < -0.39 is 0 Å². The molecule has 1 rings (SSSR count). The van der Waals surface area contributed by atoms with Crippen molar-refractivity contribution in [2.24, 2.45) is 0 Å². The Kier molecular flexibility index (Phi) is 4.93. The van der Waals surface area contributed by atoms with Gasteiger partial charge in [-0.25, -0.2) is 4.89 Å². The molecule has 0 bridgehead atoms. The third-order valence-electron chi connectivity index (χ3n) is 1.85. The molecule has 0 unspecified atom stereocenters. The highest BCUT2D eigenvalue weighted by atomic mass is 32.2. The highest BCUT2D eigenvalue weighted by Gasteiger charge is 2.19. The first-order chi connectivity index (χ1) is 6.36. The van der Waals surface area contributed by atoms with Gasteiger partial charge in [0.2, 0.25) is 0 Å². The van der Waals surface area contributed by atoms with Crippen molar-refractivity contribution in [2.75, 3.05) is 19.3 Å². The number of likely N-dealkylation sites (tertiary alicyclic amines) is 1. The zero-order valence-corrected chi connectivity index (χ0v) is 8.25. The average Bonchev–Trinajstić information content (AvgIpc) is 2.19. The van der Waals surface area contributed by atoms with Crippen molar-refractivity contribution in [1.82, 2.24) is 4.90 Å². The molecule has 0 amide bonds. The zero-order valence-electron chi connectivity index (χ0n) is 7.43. The van der Waals surface area contributed by atoms with Gasteiger partial charge in [0.15, 0.2) is 6.19 Å². The molecule has 0 aromatic carbocycles. The number of hydrogen-bond donors (Lipinski definition) is 0. The van der Waals surface area contributed by atoms with Crippen molar-refractivity contribution < 1.29 is 14.3 Å². The summed E-state index contributed by atoms with van der Waals surface area (Å²) in [6, 6.07) is 0. The summed E-state index contributed by atoms with van der Waals surface area (Å²) in [7, 11) is 0. The number of piperidine rings is 1. The largest absolute Gasteiger partial charge is 0.310 e. The summed E-state index contributed by atoms with van der Waals surface area (Å²) in [6.07, 6.45) is 5.46. The van der Waals surface area contributed by atoms with Crippen molar-refractivity contribution in [2.45, 2.75) is 18.9 Å². The summed E-state index contributed by atoms with van der Waals surface area (Å²) in [5, 5.41) is 13.0. The van der Waals surface area contributed by atoms with Crippen LogP contribution in [-0.4, -0.2) is 30.3 Å². The van der Waals surface area contributed by atoms with Gasteiger partial charge < -0.3 is 4.90 Å². The summed E-state index contributed by atoms with van der Waals surface area (Å²) >= 11 is 1.09. The minimum atomic E-state index is 0.0387. The lowest BCUT2D eigenvalue weighted by atomic mass is 10.1. The first kappa shape index (κ1) is 10.6. The summed E-state index contributed by atoms with van der Waals surface area (Å²) < 4.78 is 4.51. The Labute approximate surface area is 81.6 Å². The van der Waals surface area contributed by atoms with Gasteiger partial charge in [0, 0.05) is 31.4 Å². The van der Waals surface area contributed by atoms with Crippen molar-refractivity contribution in [3.05, 3.63) is 0 Å². The molecule has 0 saturated carbocycles. The Bertz CT molecular complexity index is 177. The molecule has 13 heavy (non-hydrogen) atoms. The second-order valence-electron chi connectivity index (χ2n) is 2.69. The van der Waals surface area contributed by atoms with Crippen molar-refractivity contribution in [3.8, 4) is 6.19 Å². The molecular weight excluding hydrogens is 192 g/mol. The molecule has 5 nitrogen and oxygen atoms in total. The molecule has 74 valence electrons. The lowest BCUT2D eigenvalue weighted by Gasteiger charge is -2.26. The maximum atomic E-state index is 8.57. The van der Waals surface area contributed by atoms with Crippen LogP contribution in [0.3, 0.4) is 0 Å². The lowest BCUT2D eigenvalue weighted by molar-refractivity contribution is -0.479. The summed E-state index contributed by atoms with van der Waals surface area (Å²) in [5.41, 5.74) is 0. The van der Waals surface area contributed by atoms with Crippen molar-refractivity contribution in [1.29, 1.82) is 5.26 Å². The van der Waals surface area contributed by atoms with Crippen LogP contribution in [0.1, 0.15) is 12.8 Å². The van der Waals surface area contributed by atoms with Gasteiger partial charge in [0.05, 0.1) is 6.10 Å². The van der Waals surface area contributed by atoms with E-state index in [1.165, 1.54) is 0 Å². The number of hydrogen-bond acceptors (Lipinski definition) is 6. The molecule has 0 atom stereocenters. The number of nitrogens with zero attached hydrogens (tertiary/aromatic N) is 2. The average molecular weight is 204 g/mol. The smallest absolute Gasteiger partial charge is 0.179 e. The van der Waals surface area contributed by atoms with Crippen molar-refractivity contribution >= 4 is 12.0 Å². The molecule has 1 heterocycles. The standard InChI is InChI=1S/C7H12N2O3S/c1-13-12-11-10-7-2-4-9(6-8)5-3-7/h7H,2-5H2,1H3. The maximum absolute atomic E-state index is 8.57. The highest BCUT2D eigenvalue weighted by Crippen LogP contribution is 2.13. The second-order valence-corrected chi connectivity index (χ2v) is 3.15. The zero-order chi connectivity index (χ0) is 9.52. The minimum absolute atomic E-state index is 0.0387. The first-order valence-corrected chi connectivity index (χ1v) is 5.19. The van der Waals surface area contributed by atoms with Crippen LogP contribution in [0.15, 0.2) is 0 Å². The van der Waals surface area contributed by atoms with Crippen molar-refractivity contribution in [3.63, 3.8) is 0 Å². The Morgan fingerprint density at radius 1 is 1.46 bits per heavy atom. The molecule has 0 N–H and O–H groups in total. The molecular formula is C7H12N2O3S. The van der Waals surface area contributed by atoms with Gasteiger partial charge in [-0.15, -0.1) is 4.33 Å². The minimum Gasteiger partial charge on any atom is -0.310 e. The molecule has 1 fully saturated rings. The normalized spacial score (nSPS) is 18.6. The van der Waals surface area contributed by atoms with E-state index in [2.05, 4.69) is 15.6 Å². The quantitative estimate of drug-likeness (QED) is 0.225. The van der Waals surface area contributed by atoms with E-state index in [0.717, 1.165) is 38.0 Å². The predicted molar refractivity (Wildman–Crippen MR) is 47.0 cm³/mol. The topological polar surface area (TPSA) is 54.7 Å². The van der Waals surface area contributed by atoms with Crippen LogP contribution in [0.25, 0.3) is 0 Å². The van der Waals surface area contributed by atoms with Gasteiger partial charge in [-0.1, -0.05) is 5.04 Å². The van der Waals surface area contributed by atoms with Gasteiger partial charge in [0.1, 0.15) is 0 Å². The molecule has 1 aliphatic heterocycles. The Balaban J connectivity index is 2.08. The maximum Gasteiger partial charge on any atom is 0.179 e. The Morgan fingerprint density at radius 2 is 2.15 bits per heavy atom. The van der Waals surface area contributed by atoms with E-state index in [-0.39, 0.29) is 6.10 Å². The van der Waals surface area contributed by atoms with E-state index >= 15 is 0 Å².